The first-order valence-corrected chi connectivity index (χ1v) is 5.59. The van der Waals surface area contributed by atoms with Gasteiger partial charge < -0.3 is 9.88 Å². The Bertz CT molecular complexity index is 353. The van der Waals surface area contributed by atoms with E-state index in [0.29, 0.717) is 12.1 Å². The van der Waals surface area contributed by atoms with Gasteiger partial charge >= 0.3 is 0 Å². The molecule has 0 amide bonds. The lowest BCUT2D eigenvalue weighted by atomic mass is 9.91. The van der Waals surface area contributed by atoms with Crippen molar-refractivity contribution in [1.29, 1.82) is 5.26 Å². The highest BCUT2D eigenvalue weighted by Gasteiger charge is 2.21. The number of hydrogen-bond donors (Lipinski definition) is 1. The lowest BCUT2D eigenvalue weighted by Gasteiger charge is -2.29. The van der Waals surface area contributed by atoms with Crippen molar-refractivity contribution in [2.75, 3.05) is 7.05 Å². The van der Waals surface area contributed by atoms with Crippen LogP contribution in [0.15, 0.2) is 18.3 Å². The zero-order valence-electron chi connectivity index (χ0n) is 9.11. The maximum Gasteiger partial charge on any atom is 0.120 e. The summed E-state index contributed by atoms with van der Waals surface area (Å²) >= 11 is 0. The summed E-state index contributed by atoms with van der Waals surface area (Å²) in [4.78, 5) is 0. The Morgan fingerprint density at radius 3 is 2.73 bits per heavy atom. The van der Waals surface area contributed by atoms with E-state index in [-0.39, 0.29) is 0 Å². The summed E-state index contributed by atoms with van der Waals surface area (Å²) in [6, 6.07) is 7.30. The van der Waals surface area contributed by atoms with Crippen LogP contribution in [0.5, 0.6) is 0 Å². The van der Waals surface area contributed by atoms with Gasteiger partial charge in [0.2, 0.25) is 0 Å². The third kappa shape index (κ3) is 2.05. The highest BCUT2D eigenvalue weighted by Crippen LogP contribution is 2.29. The summed E-state index contributed by atoms with van der Waals surface area (Å²) in [5, 5.41) is 12.3. The summed E-state index contributed by atoms with van der Waals surface area (Å²) in [7, 11) is 2.03. The molecular formula is C12H17N3. The zero-order valence-corrected chi connectivity index (χ0v) is 9.11. The minimum absolute atomic E-state index is 0.527. The quantitative estimate of drug-likeness (QED) is 0.799. The van der Waals surface area contributed by atoms with Crippen molar-refractivity contribution < 1.29 is 0 Å². The normalized spacial score (nSPS) is 26.1. The third-order valence-corrected chi connectivity index (χ3v) is 3.39. The van der Waals surface area contributed by atoms with Crippen molar-refractivity contribution in [3.8, 4) is 6.07 Å². The van der Waals surface area contributed by atoms with Crippen LogP contribution in [-0.4, -0.2) is 17.7 Å². The molecule has 1 N–H and O–H groups in total. The lowest BCUT2D eigenvalue weighted by Crippen LogP contribution is -2.31. The monoisotopic (exact) mass is 203 g/mol. The average Bonchev–Trinajstić information content (AvgIpc) is 2.77. The Morgan fingerprint density at radius 2 is 2.13 bits per heavy atom. The number of rotatable bonds is 2. The van der Waals surface area contributed by atoms with E-state index in [0.717, 1.165) is 5.69 Å². The van der Waals surface area contributed by atoms with Crippen molar-refractivity contribution >= 4 is 0 Å². The van der Waals surface area contributed by atoms with Gasteiger partial charge in [-0.05, 0) is 44.9 Å². The van der Waals surface area contributed by atoms with E-state index in [9.17, 15) is 0 Å². The predicted octanol–water partition coefficient (Wildman–Crippen LogP) is 2.06. The molecule has 1 aliphatic carbocycles. The number of nitriles is 1. The molecule has 0 saturated heterocycles. The Morgan fingerprint density at radius 1 is 1.40 bits per heavy atom. The fourth-order valence-corrected chi connectivity index (χ4v) is 2.45. The molecule has 0 radical (unpaired) electrons. The van der Waals surface area contributed by atoms with Crippen LogP contribution in [-0.2, 0) is 0 Å². The Hall–Kier alpha value is -1.27. The first kappa shape index (κ1) is 10.3. The van der Waals surface area contributed by atoms with Crippen LogP contribution in [0.3, 0.4) is 0 Å². The molecule has 3 heteroatoms. The summed E-state index contributed by atoms with van der Waals surface area (Å²) in [5.41, 5.74) is 0.794. The first-order chi connectivity index (χ1) is 7.35. The molecule has 0 unspecified atom stereocenters. The second-order valence-corrected chi connectivity index (χ2v) is 4.21. The molecule has 80 valence electrons. The molecule has 0 aliphatic heterocycles. The molecule has 15 heavy (non-hydrogen) atoms. The maximum absolute atomic E-state index is 8.95. The summed E-state index contributed by atoms with van der Waals surface area (Å²) in [5.74, 6) is 0. The zero-order chi connectivity index (χ0) is 10.7. The van der Waals surface area contributed by atoms with E-state index in [1.807, 2.05) is 25.4 Å². The van der Waals surface area contributed by atoms with Gasteiger partial charge in [0.05, 0.1) is 0 Å². The van der Waals surface area contributed by atoms with Crippen LogP contribution < -0.4 is 5.32 Å². The van der Waals surface area contributed by atoms with Crippen LogP contribution in [0.25, 0.3) is 0 Å². The molecule has 1 aliphatic rings. The molecular weight excluding hydrogens is 186 g/mol. The SMILES string of the molecule is CNC1CCC(n2cccc2C#N)CC1. The van der Waals surface area contributed by atoms with E-state index in [1.165, 1.54) is 25.7 Å². The van der Waals surface area contributed by atoms with Crippen LogP contribution >= 0.6 is 0 Å². The Labute approximate surface area is 90.7 Å². The number of aromatic nitrogens is 1. The van der Waals surface area contributed by atoms with Gasteiger partial charge in [-0.3, -0.25) is 0 Å². The van der Waals surface area contributed by atoms with Gasteiger partial charge in [-0.25, -0.2) is 0 Å². The van der Waals surface area contributed by atoms with Crippen molar-refractivity contribution in [1.82, 2.24) is 9.88 Å². The van der Waals surface area contributed by atoms with E-state index < -0.39 is 0 Å². The van der Waals surface area contributed by atoms with Crippen LogP contribution in [0.2, 0.25) is 0 Å². The maximum atomic E-state index is 8.95. The Balaban J connectivity index is 2.05. The second kappa shape index (κ2) is 4.50. The molecule has 3 nitrogen and oxygen atoms in total. The van der Waals surface area contributed by atoms with Gasteiger partial charge in [-0.15, -0.1) is 0 Å². The number of nitrogens with one attached hydrogen (secondary N) is 1. The molecule has 0 aromatic carbocycles. The van der Waals surface area contributed by atoms with Crippen LogP contribution in [0.4, 0.5) is 0 Å². The van der Waals surface area contributed by atoms with Crippen molar-refractivity contribution in [3.63, 3.8) is 0 Å². The molecule has 0 atom stereocenters. The molecule has 1 aromatic rings. The van der Waals surface area contributed by atoms with Gasteiger partial charge in [0, 0.05) is 18.3 Å². The topological polar surface area (TPSA) is 40.8 Å². The van der Waals surface area contributed by atoms with Crippen LogP contribution in [0, 0.1) is 11.3 Å². The lowest BCUT2D eigenvalue weighted by molar-refractivity contribution is 0.300. The minimum Gasteiger partial charge on any atom is -0.336 e. The molecule has 1 heterocycles. The standard InChI is InChI=1S/C12H17N3/c1-14-10-4-6-11(7-5-10)15-8-2-3-12(15)9-13/h2-3,8,10-11,14H,4-7H2,1H3. The smallest absolute Gasteiger partial charge is 0.120 e. The van der Waals surface area contributed by atoms with E-state index >= 15 is 0 Å². The van der Waals surface area contributed by atoms with Gasteiger partial charge in [-0.2, -0.15) is 5.26 Å². The van der Waals surface area contributed by atoms with Gasteiger partial charge in [-0.1, -0.05) is 0 Å². The van der Waals surface area contributed by atoms with E-state index in [1.54, 1.807) is 0 Å². The summed E-state index contributed by atoms with van der Waals surface area (Å²) < 4.78 is 2.13. The summed E-state index contributed by atoms with van der Waals surface area (Å²) in [6.45, 7) is 0. The van der Waals surface area contributed by atoms with Crippen molar-refractivity contribution in [3.05, 3.63) is 24.0 Å². The highest BCUT2D eigenvalue weighted by atomic mass is 15.0. The van der Waals surface area contributed by atoms with Gasteiger partial charge in [0.15, 0.2) is 0 Å². The van der Waals surface area contributed by atoms with Crippen molar-refractivity contribution in [2.24, 2.45) is 0 Å². The third-order valence-electron chi connectivity index (χ3n) is 3.39. The fraction of sp³-hybridized carbons (Fsp3) is 0.583. The second-order valence-electron chi connectivity index (χ2n) is 4.21. The summed E-state index contributed by atoms with van der Waals surface area (Å²) in [6.07, 6.45) is 6.81. The molecule has 2 rings (SSSR count). The molecule has 0 spiro atoms. The largest absolute Gasteiger partial charge is 0.336 e. The average molecular weight is 203 g/mol. The molecule has 1 fully saturated rings. The van der Waals surface area contributed by atoms with Crippen LogP contribution in [0.1, 0.15) is 37.4 Å². The predicted molar refractivity (Wildman–Crippen MR) is 59.5 cm³/mol. The van der Waals surface area contributed by atoms with E-state index in [4.69, 9.17) is 5.26 Å². The molecule has 1 saturated carbocycles. The van der Waals surface area contributed by atoms with E-state index in [2.05, 4.69) is 16.0 Å². The molecule has 1 aromatic heterocycles. The van der Waals surface area contributed by atoms with Crippen molar-refractivity contribution in [2.45, 2.75) is 37.8 Å². The van der Waals surface area contributed by atoms with Gasteiger partial charge in [0.25, 0.3) is 0 Å². The van der Waals surface area contributed by atoms with Gasteiger partial charge in [0.1, 0.15) is 11.8 Å². The minimum atomic E-state index is 0.527. The molecule has 0 bridgehead atoms. The fourth-order valence-electron chi connectivity index (χ4n) is 2.45. The number of nitrogens with zero attached hydrogens (tertiary/aromatic N) is 2. The Kier molecular flexibility index (Phi) is 3.08. The number of hydrogen-bond acceptors (Lipinski definition) is 2. The highest BCUT2D eigenvalue weighted by molar-refractivity contribution is 5.23. The first-order valence-electron chi connectivity index (χ1n) is 5.59.